The molecule has 234 valence electrons. The highest BCUT2D eigenvalue weighted by molar-refractivity contribution is 5.93. The van der Waals surface area contributed by atoms with E-state index in [9.17, 15) is 45.6 Å². The van der Waals surface area contributed by atoms with Crippen LogP contribution in [0.1, 0.15) is 11.7 Å². The van der Waals surface area contributed by atoms with Gasteiger partial charge in [-0.3, -0.25) is 4.79 Å². The molecule has 0 unspecified atom stereocenters. The first-order chi connectivity index (χ1) is 20.5. The SMILES string of the molecule is COc1c(OC)c(O)c2c(=O)cc(-c3ccc(O)cc3)oc2c1[C@@H]1O[C@H](CO)[C@@H](O)[C@H](O)[C@H]1O[C@@H]1OC[C@@H](O)[C@H](O)[C@H]1O. The molecule has 3 aromatic rings. The van der Waals surface area contributed by atoms with Crippen molar-refractivity contribution in [3.63, 3.8) is 0 Å². The fourth-order valence-corrected chi connectivity index (χ4v) is 5.30. The van der Waals surface area contributed by atoms with Crippen molar-refractivity contribution in [3.8, 4) is 34.3 Å². The Kier molecular flexibility index (Phi) is 8.80. The van der Waals surface area contributed by atoms with Gasteiger partial charge in [0.05, 0.1) is 33.0 Å². The molecule has 2 saturated heterocycles. The molecule has 2 aliphatic heterocycles. The third kappa shape index (κ3) is 5.39. The molecule has 0 spiro atoms. The number of fused-ring (bicyclic) bond motifs is 1. The Morgan fingerprint density at radius 1 is 0.907 bits per heavy atom. The van der Waals surface area contributed by atoms with Crippen LogP contribution in [0.25, 0.3) is 22.3 Å². The van der Waals surface area contributed by atoms with Gasteiger partial charge in [-0.25, -0.2) is 0 Å². The number of aliphatic hydroxyl groups is 6. The molecule has 8 N–H and O–H groups in total. The van der Waals surface area contributed by atoms with Crippen molar-refractivity contribution in [2.45, 2.75) is 55.1 Å². The number of phenols is 2. The van der Waals surface area contributed by atoms with Gasteiger partial charge in [-0.05, 0) is 24.3 Å². The predicted octanol–water partition coefficient (Wildman–Crippen LogP) is -1.13. The van der Waals surface area contributed by atoms with Crippen LogP contribution in [0.4, 0.5) is 0 Å². The lowest BCUT2D eigenvalue weighted by Gasteiger charge is -2.45. The van der Waals surface area contributed by atoms with Gasteiger partial charge in [-0.15, -0.1) is 0 Å². The van der Waals surface area contributed by atoms with E-state index in [1.165, 1.54) is 38.5 Å². The van der Waals surface area contributed by atoms with Crippen LogP contribution in [-0.2, 0) is 14.2 Å². The minimum absolute atomic E-state index is 0.00100. The normalized spacial score (nSPS) is 31.2. The van der Waals surface area contributed by atoms with Gasteiger partial charge in [0.1, 0.15) is 65.7 Å². The maximum atomic E-state index is 13.4. The molecular formula is C28H32O15. The zero-order valence-electron chi connectivity index (χ0n) is 22.9. The predicted molar refractivity (Wildman–Crippen MR) is 144 cm³/mol. The van der Waals surface area contributed by atoms with Gasteiger partial charge >= 0.3 is 0 Å². The van der Waals surface area contributed by atoms with Crippen molar-refractivity contribution in [1.29, 1.82) is 0 Å². The Labute approximate surface area is 243 Å². The molecule has 3 heterocycles. The lowest BCUT2D eigenvalue weighted by molar-refractivity contribution is -0.325. The fraction of sp³-hybridized carbons (Fsp3) is 0.464. The number of rotatable bonds is 7. The Morgan fingerprint density at radius 3 is 2.21 bits per heavy atom. The molecule has 5 rings (SSSR count). The average molecular weight is 609 g/mol. The zero-order chi connectivity index (χ0) is 31.2. The maximum Gasteiger partial charge on any atom is 0.204 e. The number of benzene rings is 2. The third-order valence-corrected chi connectivity index (χ3v) is 7.55. The molecule has 2 aromatic carbocycles. The van der Waals surface area contributed by atoms with E-state index in [4.69, 9.17) is 28.1 Å². The van der Waals surface area contributed by atoms with Gasteiger partial charge < -0.3 is 69.0 Å². The first-order valence-corrected chi connectivity index (χ1v) is 13.2. The Hall–Kier alpha value is -3.51. The second-order valence-electron chi connectivity index (χ2n) is 10.2. The van der Waals surface area contributed by atoms with E-state index in [0.29, 0.717) is 5.56 Å². The number of hydrogen-bond acceptors (Lipinski definition) is 15. The quantitative estimate of drug-likeness (QED) is 0.158. The van der Waals surface area contributed by atoms with Crippen LogP contribution < -0.4 is 14.9 Å². The standard InChI is InChI=1S/C28H32O15/c1-38-24-17(23-16(20(35)26(24)39-2)12(31)7-14(41-23)10-3-5-11(30)6-4-10)25-27(21(36)19(34)15(8-29)42-25)43-28-22(37)18(33)13(32)9-40-28/h3-7,13,15,18-19,21-22,25,27-30,32-37H,8-9H2,1-2H3/t13-,15-,18+,19-,21+,22-,25+,27-,28+/m1/s1. The lowest BCUT2D eigenvalue weighted by atomic mass is 9.89. The summed E-state index contributed by atoms with van der Waals surface area (Å²) in [4.78, 5) is 13.4. The first-order valence-electron chi connectivity index (χ1n) is 13.2. The van der Waals surface area contributed by atoms with E-state index < -0.39 is 79.5 Å². The summed E-state index contributed by atoms with van der Waals surface area (Å²) in [5.41, 5.74) is -0.806. The number of aromatic hydroxyl groups is 2. The summed E-state index contributed by atoms with van der Waals surface area (Å²) >= 11 is 0. The molecule has 2 fully saturated rings. The zero-order valence-corrected chi connectivity index (χ0v) is 22.9. The molecule has 15 heteroatoms. The van der Waals surface area contributed by atoms with Gasteiger partial charge in [0.15, 0.2) is 28.8 Å². The first kappa shape index (κ1) is 30.9. The molecular weight excluding hydrogens is 576 g/mol. The largest absolute Gasteiger partial charge is 0.508 e. The number of methoxy groups -OCH3 is 2. The average Bonchev–Trinajstić information content (AvgIpc) is 2.99. The summed E-state index contributed by atoms with van der Waals surface area (Å²) in [6, 6.07) is 6.79. The van der Waals surface area contributed by atoms with Crippen molar-refractivity contribution >= 4 is 11.0 Å². The number of phenolic OH excluding ortho intramolecular Hbond substituents is 2. The van der Waals surface area contributed by atoms with Crippen LogP contribution in [0, 0.1) is 0 Å². The monoisotopic (exact) mass is 608 g/mol. The highest BCUT2D eigenvalue weighted by Crippen LogP contribution is 2.51. The third-order valence-electron chi connectivity index (χ3n) is 7.55. The summed E-state index contributed by atoms with van der Waals surface area (Å²) in [5, 5.41) is 82.8. The summed E-state index contributed by atoms with van der Waals surface area (Å²) in [5.74, 6) is -1.22. The van der Waals surface area contributed by atoms with Crippen LogP contribution in [0.3, 0.4) is 0 Å². The second kappa shape index (κ2) is 12.2. The molecule has 0 radical (unpaired) electrons. The fourth-order valence-electron chi connectivity index (χ4n) is 5.30. The molecule has 43 heavy (non-hydrogen) atoms. The van der Waals surface area contributed by atoms with E-state index in [1.54, 1.807) is 0 Å². The Morgan fingerprint density at radius 2 is 1.58 bits per heavy atom. The molecule has 1 aromatic heterocycles. The van der Waals surface area contributed by atoms with Crippen LogP contribution in [0.15, 0.2) is 39.5 Å². The van der Waals surface area contributed by atoms with Crippen molar-refractivity contribution < 1.29 is 69.0 Å². The minimum Gasteiger partial charge on any atom is -0.508 e. The van der Waals surface area contributed by atoms with Gasteiger partial charge in [0.25, 0.3) is 0 Å². The van der Waals surface area contributed by atoms with Gasteiger partial charge in [0, 0.05) is 11.6 Å². The van der Waals surface area contributed by atoms with Crippen LogP contribution in [0.5, 0.6) is 23.0 Å². The van der Waals surface area contributed by atoms with E-state index in [-0.39, 0.29) is 39.5 Å². The molecule has 0 amide bonds. The lowest BCUT2D eigenvalue weighted by Crippen LogP contribution is -2.60. The molecule has 0 aliphatic carbocycles. The van der Waals surface area contributed by atoms with Crippen molar-refractivity contribution in [2.75, 3.05) is 27.4 Å². The van der Waals surface area contributed by atoms with Crippen LogP contribution in [0.2, 0.25) is 0 Å². The van der Waals surface area contributed by atoms with Crippen LogP contribution >= 0.6 is 0 Å². The number of aliphatic hydroxyl groups excluding tert-OH is 6. The van der Waals surface area contributed by atoms with Crippen molar-refractivity contribution in [3.05, 3.63) is 46.1 Å². The molecule has 15 nitrogen and oxygen atoms in total. The number of hydrogen-bond donors (Lipinski definition) is 8. The Bertz CT molecular complexity index is 1510. The Balaban J connectivity index is 1.75. The van der Waals surface area contributed by atoms with E-state index >= 15 is 0 Å². The van der Waals surface area contributed by atoms with Gasteiger partial charge in [0.2, 0.25) is 5.75 Å². The van der Waals surface area contributed by atoms with E-state index in [0.717, 1.165) is 6.07 Å². The van der Waals surface area contributed by atoms with E-state index in [1.807, 2.05) is 0 Å². The number of ether oxygens (including phenoxy) is 5. The summed E-state index contributed by atoms with van der Waals surface area (Å²) in [7, 11) is 2.41. The molecule has 9 atom stereocenters. The summed E-state index contributed by atoms with van der Waals surface area (Å²) in [6.45, 7) is -1.21. The highest BCUT2D eigenvalue weighted by atomic mass is 16.7. The summed E-state index contributed by atoms with van der Waals surface area (Å²) < 4.78 is 34.2. The highest BCUT2D eigenvalue weighted by Gasteiger charge is 2.51. The van der Waals surface area contributed by atoms with Crippen molar-refractivity contribution in [1.82, 2.24) is 0 Å². The van der Waals surface area contributed by atoms with Gasteiger partial charge in [-0.2, -0.15) is 0 Å². The van der Waals surface area contributed by atoms with Crippen molar-refractivity contribution in [2.24, 2.45) is 0 Å². The maximum absolute atomic E-state index is 13.4. The molecule has 2 aliphatic rings. The molecule has 0 saturated carbocycles. The smallest absolute Gasteiger partial charge is 0.204 e. The summed E-state index contributed by atoms with van der Waals surface area (Å²) in [6.07, 6.45) is -14.7. The van der Waals surface area contributed by atoms with Crippen LogP contribution in [-0.4, -0.2) is 117 Å². The minimum atomic E-state index is -1.83. The molecule has 0 bridgehead atoms. The topological polar surface area (TPSA) is 238 Å². The van der Waals surface area contributed by atoms with Gasteiger partial charge in [-0.1, -0.05) is 0 Å². The second-order valence-corrected chi connectivity index (χ2v) is 10.2. The van der Waals surface area contributed by atoms with E-state index in [2.05, 4.69) is 0 Å².